The number of hydrogen-bond acceptors (Lipinski definition) is 2. The maximum atomic E-state index is 12.9. The van der Waals surface area contributed by atoms with Gasteiger partial charge in [0.25, 0.3) is 0 Å². The van der Waals surface area contributed by atoms with Gasteiger partial charge in [0.2, 0.25) is 0 Å². The third-order valence-corrected chi connectivity index (χ3v) is 3.46. The van der Waals surface area contributed by atoms with Crippen LogP contribution in [0.2, 0.25) is 5.02 Å². The molecule has 0 bridgehead atoms. The van der Waals surface area contributed by atoms with Crippen LogP contribution in [0, 0.1) is 0 Å². The first-order valence-corrected chi connectivity index (χ1v) is 6.50. The van der Waals surface area contributed by atoms with Gasteiger partial charge < -0.3 is 10.1 Å². The molecule has 0 spiro atoms. The van der Waals surface area contributed by atoms with Crippen molar-refractivity contribution in [2.45, 2.75) is 38.1 Å². The van der Waals surface area contributed by atoms with Gasteiger partial charge in [-0.3, -0.25) is 0 Å². The van der Waals surface area contributed by atoms with Gasteiger partial charge in [-0.05, 0) is 31.9 Å². The molecule has 2 rings (SSSR count). The number of alkyl halides is 3. The monoisotopic (exact) mass is 293 g/mol. The van der Waals surface area contributed by atoms with E-state index in [1.54, 1.807) is 0 Å². The van der Waals surface area contributed by atoms with E-state index in [9.17, 15) is 13.2 Å². The lowest BCUT2D eigenvalue weighted by atomic mass is 10.1. The second-order valence-electron chi connectivity index (χ2n) is 4.69. The van der Waals surface area contributed by atoms with Gasteiger partial charge in [-0.2, -0.15) is 13.2 Å². The molecule has 0 aromatic heterocycles. The largest absolute Gasteiger partial charge is 0.418 e. The third kappa shape index (κ3) is 3.54. The molecule has 2 nitrogen and oxygen atoms in total. The molecular weight excluding hydrogens is 279 g/mol. The summed E-state index contributed by atoms with van der Waals surface area (Å²) in [4.78, 5) is 0. The predicted molar refractivity (Wildman–Crippen MR) is 68.5 cm³/mol. The topological polar surface area (TPSA) is 21.3 Å². The molecule has 0 saturated carbocycles. The molecule has 1 saturated heterocycles. The molecule has 19 heavy (non-hydrogen) atoms. The van der Waals surface area contributed by atoms with Gasteiger partial charge in [0.15, 0.2) is 0 Å². The molecule has 106 valence electrons. The fraction of sp³-hybridized carbons (Fsp3) is 0.538. The molecule has 1 aliphatic rings. The Morgan fingerprint density at radius 2 is 2.11 bits per heavy atom. The van der Waals surface area contributed by atoms with Crippen molar-refractivity contribution in [3.63, 3.8) is 0 Å². The number of hydrogen-bond donors (Lipinski definition) is 1. The molecule has 1 fully saturated rings. The molecule has 0 amide bonds. The fourth-order valence-corrected chi connectivity index (χ4v) is 2.43. The van der Waals surface area contributed by atoms with Crippen LogP contribution in [0.1, 0.15) is 25.3 Å². The summed E-state index contributed by atoms with van der Waals surface area (Å²) in [5, 5.41) is 2.84. The summed E-state index contributed by atoms with van der Waals surface area (Å²) in [6.45, 7) is 2.29. The quantitative estimate of drug-likeness (QED) is 0.895. The van der Waals surface area contributed by atoms with Crippen LogP contribution in [0.3, 0.4) is 0 Å². The average Bonchev–Trinajstić information content (AvgIpc) is 2.72. The number of ether oxygens (including phenoxy) is 1. The lowest BCUT2D eigenvalue weighted by Crippen LogP contribution is -2.21. The van der Waals surface area contributed by atoms with Crippen LogP contribution in [0.4, 0.5) is 18.9 Å². The van der Waals surface area contributed by atoms with Gasteiger partial charge in [-0.15, -0.1) is 0 Å². The van der Waals surface area contributed by atoms with Crippen molar-refractivity contribution in [3.05, 3.63) is 28.8 Å². The highest BCUT2D eigenvalue weighted by atomic mass is 35.5. The van der Waals surface area contributed by atoms with Gasteiger partial charge in [0.05, 0.1) is 28.5 Å². The lowest BCUT2D eigenvalue weighted by molar-refractivity contribution is -0.137. The zero-order chi connectivity index (χ0) is 14.0. The van der Waals surface area contributed by atoms with Crippen LogP contribution < -0.4 is 5.32 Å². The van der Waals surface area contributed by atoms with Gasteiger partial charge in [-0.1, -0.05) is 17.7 Å². The minimum absolute atomic E-state index is 0.0626. The van der Waals surface area contributed by atoms with E-state index in [0.29, 0.717) is 6.54 Å². The highest BCUT2D eigenvalue weighted by Gasteiger charge is 2.34. The predicted octanol–water partition coefficient (Wildman–Crippen LogP) is 4.34. The van der Waals surface area contributed by atoms with Crippen molar-refractivity contribution in [3.8, 4) is 0 Å². The standard InChI is InChI=1S/C13H15ClF3NO/c1-8-5-6-9(19-8)7-18-12-10(13(15,16)17)3-2-4-11(12)14/h2-4,8-9,18H,5-7H2,1H3. The molecule has 0 radical (unpaired) electrons. The first kappa shape index (κ1) is 14.5. The Morgan fingerprint density at radius 1 is 1.37 bits per heavy atom. The van der Waals surface area contributed by atoms with Crippen LogP contribution in [-0.4, -0.2) is 18.8 Å². The molecule has 1 aromatic rings. The average molecular weight is 294 g/mol. The Balaban J connectivity index is 2.11. The fourth-order valence-electron chi connectivity index (χ4n) is 2.19. The number of anilines is 1. The summed E-state index contributed by atoms with van der Waals surface area (Å²) in [5.41, 5.74) is -0.814. The molecule has 2 unspecified atom stereocenters. The van der Waals surface area contributed by atoms with E-state index in [1.165, 1.54) is 12.1 Å². The highest BCUT2D eigenvalue weighted by Crippen LogP contribution is 2.38. The van der Waals surface area contributed by atoms with Gasteiger partial charge in [0.1, 0.15) is 0 Å². The summed E-state index contributed by atoms with van der Waals surface area (Å²) in [5.74, 6) is 0. The highest BCUT2D eigenvalue weighted by molar-refractivity contribution is 6.33. The zero-order valence-electron chi connectivity index (χ0n) is 10.4. The summed E-state index contributed by atoms with van der Waals surface area (Å²) in [6, 6.07) is 3.76. The van der Waals surface area contributed by atoms with Crippen molar-refractivity contribution in [1.82, 2.24) is 0 Å². The van der Waals surface area contributed by atoms with Crippen LogP contribution in [0.15, 0.2) is 18.2 Å². The van der Waals surface area contributed by atoms with Crippen LogP contribution in [-0.2, 0) is 10.9 Å². The first-order valence-electron chi connectivity index (χ1n) is 6.13. The van der Waals surface area contributed by atoms with Crippen LogP contribution in [0.5, 0.6) is 0 Å². The Kier molecular flexibility index (Phi) is 4.26. The summed E-state index contributed by atoms with van der Waals surface area (Å²) >= 11 is 5.85. The van der Waals surface area contributed by atoms with Crippen LogP contribution in [0.25, 0.3) is 0 Å². The van der Waals surface area contributed by atoms with E-state index in [2.05, 4.69) is 5.32 Å². The van der Waals surface area contributed by atoms with Gasteiger partial charge in [0, 0.05) is 6.54 Å². The molecule has 1 aromatic carbocycles. The number of halogens is 4. The maximum absolute atomic E-state index is 12.9. The molecular formula is C13H15ClF3NO. The number of benzene rings is 1. The molecule has 6 heteroatoms. The smallest absolute Gasteiger partial charge is 0.381 e. The van der Waals surface area contributed by atoms with E-state index in [0.717, 1.165) is 18.9 Å². The molecule has 1 aliphatic heterocycles. The minimum atomic E-state index is -4.42. The van der Waals surface area contributed by atoms with E-state index >= 15 is 0 Å². The third-order valence-electron chi connectivity index (χ3n) is 3.15. The Labute approximate surface area is 114 Å². The van der Waals surface area contributed by atoms with Crippen molar-refractivity contribution >= 4 is 17.3 Å². The first-order chi connectivity index (χ1) is 8.88. The molecule has 1 heterocycles. The van der Waals surface area contributed by atoms with Crippen molar-refractivity contribution in [2.24, 2.45) is 0 Å². The number of para-hydroxylation sites is 1. The van der Waals surface area contributed by atoms with Gasteiger partial charge >= 0.3 is 6.18 Å². The molecule has 2 atom stereocenters. The summed E-state index contributed by atoms with van der Waals surface area (Å²) in [7, 11) is 0. The van der Waals surface area contributed by atoms with Crippen molar-refractivity contribution in [2.75, 3.05) is 11.9 Å². The van der Waals surface area contributed by atoms with E-state index < -0.39 is 11.7 Å². The lowest BCUT2D eigenvalue weighted by Gasteiger charge is -2.18. The maximum Gasteiger partial charge on any atom is 0.418 e. The second kappa shape index (κ2) is 5.59. The van der Waals surface area contributed by atoms with Crippen LogP contribution >= 0.6 is 11.6 Å². The summed E-state index contributed by atoms with van der Waals surface area (Å²) < 4.78 is 44.1. The Morgan fingerprint density at radius 3 is 2.68 bits per heavy atom. The molecule has 1 N–H and O–H groups in total. The number of rotatable bonds is 3. The minimum Gasteiger partial charge on any atom is -0.381 e. The van der Waals surface area contributed by atoms with Crippen molar-refractivity contribution in [1.29, 1.82) is 0 Å². The SMILES string of the molecule is CC1CCC(CNc2c(Cl)cccc2C(F)(F)F)O1. The van der Waals surface area contributed by atoms with Gasteiger partial charge in [-0.25, -0.2) is 0 Å². The van der Waals surface area contributed by atoms with E-state index in [-0.39, 0.29) is 22.9 Å². The Hall–Kier alpha value is -0.940. The normalized spacial score (nSPS) is 23.6. The second-order valence-corrected chi connectivity index (χ2v) is 5.09. The Bertz CT molecular complexity index is 450. The number of nitrogens with one attached hydrogen (secondary N) is 1. The zero-order valence-corrected chi connectivity index (χ0v) is 11.2. The van der Waals surface area contributed by atoms with E-state index in [4.69, 9.17) is 16.3 Å². The summed E-state index contributed by atoms with van der Waals surface area (Å²) in [6.07, 6.45) is -2.54. The molecule has 0 aliphatic carbocycles. The van der Waals surface area contributed by atoms with E-state index in [1.807, 2.05) is 6.92 Å². The van der Waals surface area contributed by atoms with Crippen molar-refractivity contribution < 1.29 is 17.9 Å².